The molecule has 2 heterocycles. The van der Waals surface area contributed by atoms with E-state index in [1.54, 1.807) is 29.5 Å². The molecule has 0 atom stereocenters. The number of carbonyl (C=O) groups is 1. The van der Waals surface area contributed by atoms with Crippen LogP contribution in [0.4, 0.5) is 0 Å². The molecule has 0 saturated carbocycles. The van der Waals surface area contributed by atoms with Crippen LogP contribution in [0, 0.1) is 13.8 Å². The fourth-order valence-corrected chi connectivity index (χ4v) is 4.09. The quantitative estimate of drug-likeness (QED) is 0.671. The first-order chi connectivity index (χ1) is 12.0. The molecule has 0 aliphatic carbocycles. The molecule has 0 radical (unpaired) electrons. The molecule has 130 valence electrons. The van der Waals surface area contributed by atoms with E-state index in [0.717, 1.165) is 15.6 Å². The molecule has 0 spiro atoms. The predicted octanol–water partition coefficient (Wildman–Crippen LogP) is 4.07. The van der Waals surface area contributed by atoms with Crippen molar-refractivity contribution in [1.29, 1.82) is 0 Å². The van der Waals surface area contributed by atoms with Gasteiger partial charge < -0.3 is 9.30 Å². The van der Waals surface area contributed by atoms with Gasteiger partial charge in [0, 0.05) is 27.2 Å². The van der Waals surface area contributed by atoms with Crippen molar-refractivity contribution in [3.63, 3.8) is 0 Å². The molecular weight excluding hydrogens is 378 g/mol. The molecule has 3 rings (SSSR count). The van der Waals surface area contributed by atoms with E-state index in [1.807, 2.05) is 30.0 Å². The number of aromatic nitrogens is 2. The third kappa shape index (κ3) is 4.18. The van der Waals surface area contributed by atoms with Gasteiger partial charge in [-0.3, -0.25) is 4.79 Å². The Morgan fingerprint density at radius 2 is 2.20 bits per heavy atom. The molecule has 2 aromatic heterocycles. The highest BCUT2D eigenvalue weighted by atomic mass is 35.5. The topological polar surface area (TPSA) is 56.5 Å². The monoisotopic (exact) mass is 393 g/mol. The maximum atomic E-state index is 12.6. The molecule has 1 amide bonds. The summed E-state index contributed by atoms with van der Waals surface area (Å²) in [5, 5.41) is 3.45. The van der Waals surface area contributed by atoms with Crippen molar-refractivity contribution in [2.24, 2.45) is 4.99 Å². The lowest BCUT2D eigenvalue weighted by molar-refractivity contribution is 0.0995. The first-order valence-electron chi connectivity index (χ1n) is 7.46. The van der Waals surface area contributed by atoms with Crippen LogP contribution >= 0.6 is 34.3 Å². The molecule has 5 nitrogen and oxygen atoms in total. The van der Waals surface area contributed by atoms with Crippen LogP contribution in [-0.2, 0) is 6.54 Å². The van der Waals surface area contributed by atoms with Crippen molar-refractivity contribution < 1.29 is 9.53 Å². The summed E-state index contributed by atoms with van der Waals surface area (Å²) in [6.45, 7) is 4.53. The summed E-state index contributed by atoms with van der Waals surface area (Å²) in [7, 11) is 1.51. The lowest BCUT2D eigenvalue weighted by Gasteiger charge is -2.05. The Hall–Kier alpha value is -1.96. The van der Waals surface area contributed by atoms with Crippen LogP contribution in [0.1, 0.15) is 25.9 Å². The average molecular weight is 394 g/mol. The molecule has 0 fully saturated rings. The standard InChI is InChI=1S/C17H16ClN3O2S2/c1-10-9-24-15(19-10)8-21-7-11(2)25-17(21)20-16(22)13-6-12(18)4-5-14(13)23-3/h4-7,9H,8H2,1-3H3. The van der Waals surface area contributed by atoms with E-state index in [4.69, 9.17) is 16.3 Å². The van der Waals surface area contributed by atoms with Crippen LogP contribution in [0.2, 0.25) is 5.02 Å². The Morgan fingerprint density at radius 1 is 1.40 bits per heavy atom. The molecule has 0 aliphatic rings. The first kappa shape index (κ1) is 17.8. The fraction of sp³-hybridized carbons (Fsp3) is 0.235. The number of thiazole rings is 2. The molecule has 3 aromatic rings. The normalized spacial score (nSPS) is 11.8. The summed E-state index contributed by atoms with van der Waals surface area (Å²) in [5.41, 5.74) is 1.34. The van der Waals surface area contributed by atoms with Crippen LogP contribution in [0.25, 0.3) is 0 Å². The Morgan fingerprint density at radius 3 is 2.88 bits per heavy atom. The van der Waals surface area contributed by atoms with Crippen molar-refractivity contribution in [1.82, 2.24) is 9.55 Å². The second-order valence-corrected chi connectivity index (χ2v) is 7.99. The number of aryl methyl sites for hydroxylation is 2. The lowest BCUT2D eigenvalue weighted by atomic mass is 10.2. The van der Waals surface area contributed by atoms with E-state index < -0.39 is 0 Å². The van der Waals surface area contributed by atoms with Gasteiger partial charge in [0.15, 0.2) is 4.80 Å². The molecule has 8 heteroatoms. The number of benzene rings is 1. The zero-order valence-electron chi connectivity index (χ0n) is 13.9. The summed E-state index contributed by atoms with van der Waals surface area (Å²) >= 11 is 9.06. The number of methoxy groups -OCH3 is 1. The van der Waals surface area contributed by atoms with Gasteiger partial charge in [0.1, 0.15) is 10.8 Å². The van der Waals surface area contributed by atoms with Gasteiger partial charge in [-0.1, -0.05) is 11.6 Å². The van der Waals surface area contributed by atoms with Crippen molar-refractivity contribution in [2.75, 3.05) is 7.11 Å². The Bertz CT molecular complexity index is 988. The highest BCUT2D eigenvalue weighted by Gasteiger charge is 2.13. The molecule has 0 unspecified atom stereocenters. The lowest BCUT2D eigenvalue weighted by Crippen LogP contribution is -2.17. The zero-order valence-corrected chi connectivity index (χ0v) is 16.3. The molecular formula is C17H16ClN3O2S2. The van der Waals surface area contributed by atoms with Gasteiger partial charge in [-0.05, 0) is 32.0 Å². The predicted molar refractivity (Wildman–Crippen MR) is 101 cm³/mol. The number of carbonyl (C=O) groups excluding carboxylic acids is 1. The van der Waals surface area contributed by atoms with Crippen molar-refractivity contribution in [3.05, 3.63) is 60.7 Å². The van der Waals surface area contributed by atoms with E-state index >= 15 is 0 Å². The average Bonchev–Trinajstić information content (AvgIpc) is 3.13. The second-order valence-electron chi connectivity index (χ2n) is 5.40. The van der Waals surface area contributed by atoms with E-state index in [1.165, 1.54) is 18.4 Å². The maximum Gasteiger partial charge on any atom is 0.283 e. The third-order valence-corrected chi connectivity index (χ3v) is 5.52. The second kappa shape index (κ2) is 7.51. The first-order valence-corrected chi connectivity index (χ1v) is 9.54. The van der Waals surface area contributed by atoms with Crippen LogP contribution < -0.4 is 9.54 Å². The van der Waals surface area contributed by atoms with Crippen LogP contribution in [-0.4, -0.2) is 22.6 Å². The van der Waals surface area contributed by atoms with Crippen molar-refractivity contribution in [2.45, 2.75) is 20.4 Å². The van der Waals surface area contributed by atoms with E-state index in [-0.39, 0.29) is 5.91 Å². The number of rotatable bonds is 4. The SMILES string of the molecule is COc1ccc(Cl)cc1C(=O)N=c1sc(C)cn1Cc1nc(C)cs1. The van der Waals surface area contributed by atoms with E-state index in [0.29, 0.717) is 27.7 Å². The minimum atomic E-state index is -0.384. The summed E-state index contributed by atoms with van der Waals surface area (Å²) in [4.78, 5) is 23.1. The van der Waals surface area contributed by atoms with Gasteiger partial charge in [0.2, 0.25) is 0 Å². The minimum Gasteiger partial charge on any atom is -0.496 e. The van der Waals surface area contributed by atoms with E-state index in [2.05, 4.69) is 9.98 Å². The number of hydrogen-bond donors (Lipinski definition) is 0. The smallest absolute Gasteiger partial charge is 0.283 e. The minimum absolute atomic E-state index is 0.345. The number of halogens is 1. The molecule has 0 N–H and O–H groups in total. The molecule has 0 saturated heterocycles. The Labute approximate surface area is 158 Å². The highest BCUT2D eigenvalue weighted by Crippen LogP contribution is 2.23. The van der Waals surface area contributed by atoms with Crippen LogP contribution in [0.15, 0.2) is 34.8 Å². The van der Waals surface area contributed by atoms with Crippen molar-refractivity contribution >= 4 is 40.2 Å². The molecule has 0 aliphatic heterocycles. The summed E-state index contributed by atoms with van der Waals surface area (Å²) in [6.07, 6.45) is 1.97. The fourth-order valence-electron chi connectivity index (χ4n) is 2.32. The van der Waals surface area contributed by atoms with E-state index in [9.17, 15) is 4.79 Å². The zero-order chi connectivity index (χ0) is 18.0. The largest absolute Gasteiger partial charge is 0.496 e. The van der Waals surface area contributed by atoms with Crippen LogP contribution in [0.3, 0.4) is 0 Å². The van der Waals surface area contributed by atoms with Crippen LogP contribution in [0.5, 0.6) is 5.75 Å². The van der Waals surface area contributed by atoms with Gasteiger partial charge in [-0.2, -0.15) is 4.99 Å². The summed E-state index contributed by atoms with van der Waals surface area (Å²) in [5.74, 6) is 0.0683. The Kier molecular flexibility index (Phi) is 5.36. The third-order valence-electron chi connectivity index (χ3n) is 3.40. The number of hydrogen-bond acceptors (Lipinski definition) is 5. The number of ether oxygens (including phenoxy) is 1. The van der Waals surface area contributed by atoms with Gasteiger partial charge in [0.05, 0.1) is 19.2 Å². The van der Waals surface area contributed by atoms with Gasteiger partial charge in [0.25, 0.3) is 5.91 Å². The van der Waals surface area contributed by atoms with Crippen molar-refractivity contribution in [3.8, 4) is 5.75 Å². The number of nitrogens with zero attached hydrogens (tertiary/aromatic N) is 3. The molecule has 25 heavy (non-hydrogen) atoms. The van der Waals surface area contributed by atoms with Gasteiger partial charge in [-0.25, -0.2) is 4.98 Å². The number of amides is 1. The summed E-state index contributed by atoms with van der Waals surface area (Å²) < 4.78 is 7.18. The van der Waals surface area contributed by atoms with Gasteiger partial charge >= 0.3 is 0 Å². The highest BCUT2D eigenvalue weighted by molar-refractivity contribution is 7.10. The molecule has 0 bridgehead atoms. The Balaban J connectivity index is 1.98. The summed E-state index contributed by atoms with van der Waals surface area (Å²) in [6, 6.07) is 4.91. The maximum absolute atomic E-state index is 12.6. The molecule has 1 aromatic carbocycles. The van der Waals surface area contributed by atoms with Gasteiger partial charge in [-0.15, -0.1) is 22.7 Å².